The van der Waals surface area contributed by atoms with Crippen LogP contribution < -0.4 is 0 Å². The summed E-state index contributed by atoms with van der Waals surface area (Å²) in [7, 11) is 0. The van der Waals surface area contributed by atoms with Crippen molar-refractivity contribution < 1.29 is 0 Å². The molecular weight excluding hydrogens is 302 g/mol. The summed E-state index contributed by atoms with van der Waals surface area (Å²) in [6, 6.07) is 24.0. The Morgan fingerprint density at radius 1 is 0.680 bits per heavy atom. The van der Waals surface area contributed by atoms with Gasteiger partial charge in [0.05, 0.1) is 0 Å². The van der Waals surface area contributed by atoms with Crippen molar-refractivity contribution in [2.45, 2.75) is 12.8 Å². The summed E-state index contributed by atoms with van der Waals surface area (Å²) in [5, 5.41) is 2.57. The highest BCUT2D eigenvalue weighted by atomic mass is 14.7. The van der Waals surface area contributed by atoms with Gasteiger partial charge in [0, 0.05) is 21.8 Å². The van der Waals surface area contributed by atoms with Crippen molar-refractivity contribution in [3.63, 3.8) is 0 Å². The Balaban J connectivity index is 1.70. The van der Waals surface area contributed by atoms with Crippen molar-refractivity contribution in [3.8, 4) is 11.1 Å². The molecule has 0 aliphatic heterocycles. The van der Waals surface area contributed by atoms with Gasteiger partial charge in [-0.05, 0) is 47.2 Å². The highest BCUT2D eigenvalue weighted by Crippen LogP contribution is 2.34. The Kier molecular flexibility index (Phi) is 3.31. The topological polar surface area (TPSA) is 15.8 Å². The molecule has 0 amide bonds. The Bertz CT molecular complexity index is 1140. The molecule has 25 heavy (non-hydrogen) atoms. The lowest BCUT2D eigenvalue weighted by atomic mass is 9.91. The van der Waals surface area contributed by atoms with Crippen LogP contribution in [-0.2, 0) is 0 Å². The van der Waals surface area contributed by atoms with E-state index in [1.165, 1.54) is 44.1 Å². The number of allylic oxidation sites excluding steroid dienone is 4. The fourth-order valence-corrected chi connectivity index (χ4v) is 3.82. The van der Waals surface area contributed by atoms with Crippen LogP contribution in [0.3, 0.4) is 0 Å². The minimum absolute atomic E-state index is 1.13. The molecule has 5 rings (SSSR count). The van der Waals surface area contributed by atoms with E-state index in [9.17, 15) is 0 Å². The molecule has 0 saturated heterocycles. The van der Waals surface area contributed by atoms with E-state index in [1.54, 1.807) is 0 Å². The number of benzene rings is 3. The molecule has 1 aromatic heterocycles. The van der Waals surface area contributed by atoms with Gasteiger partial charge in [0.2, 0.25) is 0 Å². The molecule has 0 atom stereocenters. The lowest BCUT2D eigenvalue weighted by Gasteiger charge is -2.13. The molecule has 1 aliphatic rings. The Hall–Kier alpha value is -3.06. The zero-order chi connectivity index (χ0) is 16.6. The van der Waals surface area contributed by atoms with Crippen LogP contribution in [0.1, 0.15) is 18.4 Å². The first kappa shape index (κ1) is 14.3. The predicted octanol–water partition coefficient (Wildman–Crippen LogP) is 6.72. The fourth-order valence-electron chi connectivity index (χ4n) is 3.82. The molecule has 1 nitrogen and oxygen atoms in total. The van der Waals surface area contributed by atoms with Crippen LogP contribution in [0.25, 0.3) is 38.5 Å². The summed E-state index contributed by atoms with van der Waals surface area (Å²) in [5.74, 6) is 0. The Morgan fingerprint density at radius 3 is 2.36 bits per heavy atom. The average Bonchev–Trinajstić information content (AvgIpc) is 3.06. The maximum Gasteiger partial charge on any atom is 0.0471 e. The van der Waals surface area contributed by atoms with E-state index in [0.29, 0.717) is 0 Å². The molecule has 1 heteroatoms. The van der Waals surface area contributed by atoms with E-state index in [1.807, 2.05) is 0 Å². The van der Waals surface area contributed by atoms with Gasteiger partial charge in [0.1, 0.15) is 0 Å². The van der Waals surface area contributed by atoms with Gasteiger partial charge in [-0.15, -0.1) is 0 Å². The van der Waals surface area contributed by atoms with E-state index >= 15 is 0 Å². The monoisotopic (exact) mass is 321 g/mol. The molecule has 0 unspecified atom stereocenters. The van der Waals surface area contributed by atoms with E-state index in [0.717, 1.165) is 12.8 Å². The quantitative estimate of drug-likeness (QED) is 0.422. The first-order chi connectivity index (χ1) is 12.4. The first-order valence-corrected chi connectivity index (χ1v) is 8.87. The van der Waals surface area contributed by atoms with Gasteiger partial charge in [-0.2, -0.15) is 0 Å². The fraction of sp³-hybridized carbons (Fsp3) is 0.0833. The summed E-state index contributed by atoms with van der Waals surface area (Å²) < 4.78 is 0. The normalized spacial score (nSPS) is 14.2. The second-order valence-corrected chi connectivity index (χ2v) is 6.62. The molecule has 0 spiro atoms. The second kappa shape index (κ2) is 5.78. The third-order valence-electron chi connectivity index (χ3n) is 5.05. The van der Waals surface area contributed by atoms with Crippen LogP contribution in [0, 0.1) is 0 Å². The molecule has 4 aromatic rings. The largest absolute Gasteiger partial charge is 0.354 e. The molecule has 0 radical (unpaired) electrons. The zero-order valence-corrected chi connectivity index (χ0v) is 14.0. The summed E-state index contributed by atoms with van der Waals surface area (Å²) in [4.78, 5) is 3.56. The van der Waals surface area contributed by atoms with E-state index in [2.05, 4.69) is 89.9 Å². The summed E-state index contributed by atoms with van der Waals surface area (Å²) in [5.41, 5.74) is 7.59. The van der Waals surface area contributed by atoms with Crippen LogP contribution >= 0.6 is 0 Å². The van der Waals surface area contributed by atoms with Crippen LogP contribution in [0.2, 0.25) is 0 Å². The molecule has 1 aliphatic carbocycles. The van der Waals surface area contributed by atoms with Crippen LogP contribution in [0.5, 0.6) is 0 Å². The van der Waals surface area contributed by atoms with Gasteiger partial charge in [-0.1, -0.05) is 72.8 Å². The number of H-pyrrole nitrogens is 1. The number of fused-ring (bicyclic) bond motifs is 3. The second-order valence-electron chi connectivity index (χ2n) is 6.62. The smallest absolute Gasteiger partial charge is 0.0471 e. The van der Waals surface area contributed by atoms with Crippen molar-refractivity contribution >= 4 is 27.4 Å². The molecule has 1 heterocycles. The first-order valence-electron chi connectivity index (χ1n) is 8.87. The minimum atomic E-state index is 1.13. The van der Waals surface area contributed by atoms with Gasteiger partial charge in [-0.25, -0.2) is 0 Å². The highest BCUT2D eigenvalue weighted by molar-refractivity contribution is 6.08. The summed E-state index contributed by atoms with van der Waals surface area (Å²) in [6.07, 6.45) is 9.14. The van der Waals surface area contributed by atoms with Gasteiger partial charge in [0.25, 0.3) is 0 Å². The van der Waals surface area contributed by atoms with Gasteiger partial charge in [0.15, 0.2) is 0 Å². The maximum atomic E-state index is 3.56. The number of hydrogen-bond acceptors (Lipinski definition) is 0. The SMILES string of the molecule is C1=CC(c2ccccc2-c2ccc3c(c2)[nH]c2ccccc23)=CCC1. The Morgan fingerprint density at radius 2 is 1.48 bits per heavy atom. The van der Waals surface area contributed by atoms with Crippen molar-refractivity contribution in [3.05, 3.63) is 90.5 Å². The standard InChI is InChI=1S/C24H19N/c1-2-8-17(9-3-1)19-10-4-5-11-20(19)18-14-15-22-21-12-6-7-13-23(21)25-24(22)16-18/h2,4-16,25H,1,3H2. The van der Waals surface area contributed by atoms with Crippen molar-refractivity contribution in [2.75, 3.05) is 0 Å². The van der Waals surface area contributed by atoms with Crippen molar-refractivity contribution in [1.82, 2.24) is 4.98 Å². The van der Waals surface area contributed by atoms with Crippen LogP contribution in [-0.4, -0.2) is 4.98 Å². The predicted molar refractivity (Wildman–Crippen MR) is 108 cm³/mol. The van der Waals surface area contributed by atoms with Crippen molar-refractivity contribution in [1.29, 1.82) is 0 Å². The van der Waals surface area contributed by atoms with E-state index in [-0.39, 0.29) is 0 Å². The molecule has 0 saturated carbocycles. The zero-order valence-electron chi connectivity index (χ0n) is 14.0. The summed E-state index contributed by atoms with van der Waals surface area (Å²) >= 11 is 0. The van der Waals surface area contributed by atoms with E-state index in [4.69, 9.17) is 0 Å². The number of hydrogen-bond donors (Lipinski definition) is 1. The molecule has 120 valence electrons. The number of rotatable bonds is 2. The highest BCUT2D eigenvalue weighted by Gasteiger charge is 2.11. The molecule has 3 aromatic carbocycles. The van der Waals surface area contributed by atoms with Crippen LogP contribution in [0.4, 0.5) is 0 Å². The third kappa shape index (κ3) is 2.40. The summed E-state index contributed by atoms with van der Waals surface area (Å²) in [6.45, 7) is 0. The molecule has 0 fully saturated rings. The molecule has 1 N–H and O–H groups in total. The van der Waals surface area contributed by atoms with Gasteiger partial charge < -0.3 is 4.98 Å². The molecular formula is C24H19N. The lowest BCUT2D eigenvalue weighted by molar-refractivity contribution is 1.04. The minimum Gasteiger partial charge on any atom is -0.354 e. The third-order valence-corrected chi connectivity index (χ3v) is 5.05. The number of nitrogens with one attached hydrogen (secondary N) is 1. The number of aromatic amines is 1. The number of aromatic nitrogens is 1. The molecule has 0 bridgehead atoms. The maximum absolute atomic E-state index is 3.56. The van der Waals surface area contributed by atoms with Gasteiger partial charge in [-0.3, -0.25) is 0 Å². The van der Waals surface area contributed by atoms with Crippen molar-refractivity contribution in [2.24, 2.45) is 0 Å². The Labute approximate surface area is 147 Å². The average molecular weight is 321 g/mol. The number of para-hydroxylation sites is 1. The van der Waals surface area contributed by atoms with Gasteiger partial charge >= 0.3 is 0 Å². The van der Waals surface area contributed by atoms with Crippen LogP contribution in [0.15, 0.2) is 85.0 Å². The van der Waals surface area contributed by atoms with E-state index < -0.39 is 0 Å². The lowest BCUT2D eigenvalue weighted by Crippen LogP contribution is -1.90.